The molecule has 1 fully saturated rings. The van der Waals surface area contributed by atoms with Gasteiger partial charge in [-0.15, -0.1) is 0 Å². The third-order valence-electron chi connectivity index (χ3n) is 2.47. The van der Waals surface area contributed by atoms with Crippen molar-refractivity contribution in [2.75, 3.05) is 0 Å². The number of hydrogen-bond acceptors (Lipinski definition) is 1. The van der Waals surface area contributed by atoms with Crippen LogP contribution in [0.4, 0.5) is 0 Å². The van der Waals surface area contributed by atoms with Crippen LogP contribution in [0.15, 0.2) is 24.3 Å². The molecule has 0 aromatic carbocycles. The first-order valence-electron chi connectivity index (χ1n) is 3.89. The summed E-state index contributed by atoms with van der Waals surface area (Å²) in [7, 11) is 0. The van der Waals surface area contributed by atoms with Gasteiger partial charge in [0.2, 0.25) is 0 Å². The van der Waals surface area contributed by atoms with Crippen LogP contribution >= 0.6 is 0 Å². The first-order valence-corrected chi connectivity index (χ1v) is 3.89. The molecule has 0 spiro atoms. The number of rotatable bonds is 0. The predicted molar refractivity (Wildman–Crippen MR) is 40.5 cm³/mol. The number of hydrogen-bond donors (Lipinski definition) is 1. The summed E-state index contributed by atoms with van der Waals surface area (Å²) in [5.41, 5.74) is 0. The molecule has 0 aliphatic heterocycles. The van der Waals surface area contributed by atoms with E-state index >= 15 is 0 Å². The molecule has 2 aliphatic rings. The monoisotopic (exact) mass is 136 g/mol. The summed E-state index contributed by atoms with van der Waals surface area (Å²) in [6.07, 6.45) is 10.5. The fourth-order valence-corrected chi connectivity index (χ4v) is 1.88. The topological polar surface area (TPSA) is 20.2 Å². The Kier molecular flexibility index (Phi) is 1.38. The third kappa shape index (κ3) is 0.907. The van der Waals surface area contributed by atoms with Crippen LogP contribution in [0.3, 0.4) is 0 Å². The Morgan fingerprint density at radius 2 is 1.90 bits per heavy atom. The molecule has 54 valence electrons. The van der Waals surface area contributed by atoms with E-state index in [2.05, 4.69) is 18.2 Å². The Morgan fingerprint density at radius 1 is 1.10 bits per heavy atom. The first-order chi connectivity index (χ1) is 4.86. The fourth-order valence-electron chi connectivity index (χ4n) is 1.88. The first kappa shape index (κ1) is 6.17. The van der Waals surface area contributed by atoms with Gasteiger partial charge in [0.15, 0.2) is 0 Å². The molecule has 0 saturated heterocycles. The van der Waals surface area contributed by atoms with Crippen molar-refractivity contribution >= 4 is 0 Å². The average molecular weight is 136 g/mol. The molecule has 0 aromatic heterocycles. The van der Waals surface area contributed by atoms with E-state index in [0.29, 0.717) is 11.8 Å². The highest BCUT2D eigenvalue weighted by Crippen LogP contribution is 2.34. The van der Waals surface area contributed by atoms with Crippen LogP contribution in [0.1, 0.15) is 12.8 Å². The van der Waals surface area contributed by atoms with Crippen molar-refractivity contribution in [3.8, 4) is 0 Å². The third-order valence-corrected chi connectivity index (χ3v) is 2.47. The van der Waals surface area contributed by atoms with Gasteiger partial charge in [0.1, 0.15) is 0 Å². The molecule has 10 heavy (non-hydrogen) atoms. The van der Waals surface area contributed by atoms with Crippen molar-refractivity contribution in [2.45, 2.75) is 18.9 Å². The van der Waals surface area contributed by atoms with Gasteiger partial charge in [-0.05, 0) is 18.8 Å². The number of fused-ring (bicyclic) bond motifs is 2. The number of allylic oxidation sites excluding steroid dienone is 3. The second-order valence-corrected chi connectivity index (χ2v) is 3.23. The molecule has 0 unspecified atom stereocenters. The van der Waals surface area contributed by atoms with Gasteiger partial charge in [0.05, 0.1) is 6.10 Å². The lowest BCUT2D eigenvalue weighted by Crippen LogP contribution is -2.09. The van der Waals surface area contributed by atoms with E-state index in [-0.39, 0.29) is 6.10 Å². The Labute approximate surface area is 61.1 Å². The molecule has 0 radical (unpaired) electrons. The number of aliphatic hydroxyl groups excluding tert-OH is 1. The molecular weight excluding hydrogens is 124 g/mol. The summed E-state index contributed by atoms with van der Waals surface area (Å²) in [6.45, 7) is 0. The van der Waals surface area contributed by atoms with E-state index in [1.54, 1.807) is 0 Å². The average Bonchev–Trinajstić information content (AvgIpc) is 2.18. The van der Waals surface area contributed by atoms with Gasteiger partial charge in [-0.3, -0.25) is 0 Å². The van der Waals surface area contributed by atoms with Crippen molar-refractivity contribution in [1.29, 1.82) is 0 Å². The van der Waals surface area contributed by atoms with Crippen LogP contribution in [-0.4, -0.2) is 11.2 Å². The predicted octanol–water partition coefficient (Wildman–Crippen LogP) is 1.50. The van der Waals surface area contributed by atoms with Gasteiger partial charge in [0.25, 0.3) is 0 Å². The fraction of sp³-hybridized carbons (Fsp3) is 0.556. The molecule has 1 saturated carbocycles. The highest BCUT2D eigenvalue weighted by molar-refractivity contribution is 5.14. The molecule has 3 atom stereocenters. The zero-order chi connectivity index (χ0) is 6.97. The van der Waals surface area contributed by atoms with Gasteiger partial charge in [0, 0.05) is 5.92 Å². The lowest BCUT2D eigenvalue weighted by atomic mass is 10.1. The maximum Gasteiger partial charge on any atom is 0.0608 e. The molecule has 0 heterocycles. The molecule has 2 rings (SSSR count). The Balaban J connectivity index is 2.21. The quantitative estimate of drug-likeness (QED) is 0.535. The van der Waals surface area contributed by atoms with Crippen LogP contribution in [0, 0.1) is 11.8 Å². The minimum Gasteiger partial charge on any atom is -0.392 e. The smallest absolute Gasteiger partial charge is 0.0608 e. The molecule has 1 nitrogen and oxygen atoms in total. The van der Waals surface area contributed by atoms with Crippen molar-refractivity contribution in [3.05, 3.63) is 24.3 Å². The van der Waals surface area contributed by atoms with E-state index < -0.39 is 0 Å². The molecule has 2 bridgehead atoms. The molecule has 1 N–H and O–H groups in total. The highest BCUT2D eigenvalue weighted by Gasteiger charge is 2.30. The zero-order valence-corrected chi connectivity index (χ0v) is 5.90. The Morgan fingerprint density at radius 3 is 2.80 bits per heavy atom. The van der Waals surface area contributed by atoms with Crippen molar-refractivity contribution < 1.29 is 5.11 Å². The second kappa shape index (κ2) is 2.24. The van der Waals surface area contributed by atoms with Crippen LogP contribution in [-0.2, 0) is 0 Å². The van der Waals surface area contributed by atoms with Crippen LogP contribution < -0.4 is 0 Å². The summed E-state index contributed by atoms with van der Waals surface area (Å²) in [5, 5.41) is 9.44. The van der Waals surface area contributed by atoms with Crippen LogP contribution in [0.2, 0.25) is 0 Å². The van der Waals surface area contributed by atoms with Gasteiger partial charge < -0.3 is 5.11 Å². The van der Waals surface area contributed by atoms with Gasteiger partial charge in [-0.1, -0.05) is 24.3 Å². The maximum absolute atomic E-state index is 9.44. The second-order valence-electron chi connectivity index (χ2n) is 3.23. The van der Waals surface area contributed by atoms with Crippen molar-refractivity contribution in [2.24, 2.45) is 11.8 Å². The molecule has 2 aliphatic carbocycles. The van der Waals surface area contributed by atoms with E-state index in [0.717, 1.165) is 12.8 Å². The summed E-state index contributed by atoms with van der Waals surface area (Å²) >= 11 is 0. The minimum atomic E-state index is -0.0776. The summed E-state index contributed by atoms with van der Waals surface area (Å²) in [5.74, 6) is 1.06. The largest absolute Gasteiger partial charge is 0.392 e. The minimum absolute atomic E-state index is 0.0776. The number of aliphatic hydroxyl groups is 1. The van der Waals surface area contributed by atoms with Gasteiger partial charge >= 0.3 is 0 Å². The maximum atomic E-state index is 9.44. The van der Waals surface area contributed by atoms with E-state index in [9.17, 15) is 5.11 Å². The van der Waals surface area contributed by atoms with E-state index in [1.807, 2.05) is 6.08 Å². The van der Waals surface area contributed by atoms with Crippen LogP contribution in [0.25, 0.3) is 0 Å². The highest BCUT2D eigenvalue weighted by atomic mass is 16.3. The normalized spacial score (nSPS) is 43.9. The molecule has 0 aromatic rings. The molecule has 1 heteroatoms. The summed E-state index contributed by atoms with van der Waals surface area (Å²) in [6, 6.07) is 0. The summed E-state index contributed by atoms with van der Waals surface area (Å²) < 4.78 is 0. The van der Waals surface area contributed by atoms with Crippen molar-refractivity contribution in [3.63, 3.8) is 0 Å². The van der Waals surface area contributed by atoms with Crippen LogP contribution in [0.5, 0.6) is 0 Å². The Hall–Kier alpha value is -0.560. The molecule has 0 amide bonds. The standard InChI is InChI=1S/C9H12O/c10-9-6-7-3-1-2-4-8(9)5-7/h1-4,7-10H,5-6H2/t7-,8+,9+/m0/s1. The SMILES string of the molecule is O[C@@H]1C[C@H]2C=CC=C[C@@H]1C2. The lowest BCUT2D eigenvalue weighted by molar-refractivity contribution is 0.151. The van der Waals surface area contributed by atoms with Gasteiger partial charge in [-0.25, -0.2) is 0 Å². The van der Waals surface area contributed by atoms with E-state index in [4.69, 9.17) is 0 Å². The van der Waals surface area contributed by atoms with Crippen molar-refractivity contribution in [1.82, 2.24) is 0 Å². The Bertz CT molecular complexity index is 181. The van der Waals surface area contributed by atoms with E-state index in [1.165, 1.54) is 0 Å². The van der Waals surface area contributed by atoms with Gasteiger partial charge in [-0.2, -0.15) is 0 Å². The zero-order valence-electron chi connectivity index (χ0n) is 5.90. The molecular formula is C9H12O. The lowest BCUT2D eigenvalue weighted by Gasteiger charge is -2.07. The summed E-state index contributed by atoms with van der Waals surface area (Å²) in [4.78, 5) is 0.